The van der Waals surface area contributed by atoms with E-state index in [1.165, 1.54) is 4.90 Å². The summed E-state index contributed by atoms with van der Waals surface area (Å²) in [6.07, 6.45) is 0.841. The number of aliphatic hydroxyl groups excluding tert-OH is 1. The highest BCUT2D eigenvalue weighted by molar-refractivity contribution is 7.17. The number of nitrogens with zero attached hydrogens (tertiary/aromatic N) is 1. The number of fused-ring (bicyclic) bond motifs is 1. The number of rotatable bonds is 4. The Balaban J connectivity index is 2.17. The third kappa shape index (κ3) is 3.58. The highest BCUT2D eigenvalue weighted by Crippen LogP contribution is 2.29. The molecule has 7 heteroatoms. The summed E-state index contributed by atoms with van der Waals surface area (Å²) >= 11 is 7.56. The molecule has 0 aliphatic carbocycles. The van der Waals surface area contributed by atoms with Gasteiger partial charge in [0.1, 0.15) is 0 Å². The molecule has 2 aromatic rings. The summed E-state index contributed by atoms with van der Waals surface area (Å²) in [5.41, 5.74) is 0.948. The Morgan fingerprint density at radius 1 is 1.45 bits per heavy atom. The molecule has 0 bridgehead atoms. The van der Waals surface area contributed by atoms with Crippen molar-refractivity contribution in [1.82, 2.24) is 4.90 Å². The quantitative estimate of drug-likeness (QED) is 0.528. The SMILES string of the molecule is COC(=O)/C(O)=C/C(=O)N(C)Cc1csc2ccc(Cl)cc12. The van der Waals surface area contributed by atoms with E-state index in [0.717, 1.165) is 28.8 Å². The Hall–Kier alpha value is -2.05. The molecule has 1 aromatic carbocycles. The van der Waals surface area contributed by atoms with E-state index in [4.69, 9.17) is 11.6 Å². The Labute approximate surface area is 136 Å². The van der Waals surface area contributed by atoms with E-state index in [9.17, 15) is 14.7 Å². The number of halogens is 1. The fourth-order valence-electron chi connectivity index (χ4n) is 1.90. The molecule has 0 spiro atoms. The lowest BCUT2D eigenvalue weighted by molar-refractivity contribution is -0.139. The number of likely N-dealkylation sites (N-methyl/N-ethyl adjacent to an activating group) is 1. The van der Waals surface area contributed by atoms with Gasteiger partial charge < -0.3 is 14.7 Å². The van der Waals surface area contributed by atoms with Crippen LogP contribution < -0.4 is 0 Å². The zero-order chi connectivity index (χ0) is 16.3. The van der Waals surface area contributed by atoms with Gasteiger partial charge in [-0.2, -0.15) is 0 Å². The zero-order valence-corrected chi connectivity index (χ0v) is 13.6. The van der Waals surface area contributed by atoms with Crippen molar-refractivity contribution < 1.29 is 19.4 Å². The number of ether oxygens (including phenoxy) is 1. The first-order valence-corrected chi connectivity index (χ1v) is 7.58. The summed E-state index contributed by atoms with van der Waals surface area (Å²) < 4.78 is 5.41. The molecule has 1 heterocycles. The topological polar surface area (TPSA) is 66.8 Å². The van der Waals surface area contributed by atoms with E-state index < -0.39 is 17.6 Å². The molecule has 1 amide bonds. The predicted octanol–water partition coefficient (Wildman–Crippen LogP) is 3.13. The highest BCUT2D eigenvalue weighted by Gasteiger charge is 2.14. The number of methoxy groups -OCH3 is 1. The average molecular weight is 340 g/mol. The predicted molar refractivity (Wildman–Crippen MR) is 86.0 cm³/mol. The van der Waals surface area contributed by atoms with Gasteiger partial charge in [-0.05, 0) is 34.5 Å². The first kappa shape index (κ1) is 16.3. The summed E-state index contributed by atoms with van der Waals surface area (Å²) in [6, 6.07) is 5.59. The van der Waals surface area contributed by atoms with Gasteiger partial charge in [-0.25, -0.2) is 4.79 Å². The van der Waals surface area contributed by atoms with Crippen LogP contribution in [0.25, 0.3) is 10.1 Å². The number of benzene rings is 1. The van der Waals surface area contributed by atoms with Crippen molar-refractivity contribution in [3.05, 3.63) is 46.0 Å². The van der Waals surface area contributed by atoms with Crippen molar-refractivity contribution in [2.45, 2.75) is 6.54 Å². The molecule has 0 fully saturated rings. The maximum atomic E-state index is 12.0. The van der Waals surface area contributed by atoms with Crippen molar-refractivity contribution >= 4 is 44.9 Å². The fourth-order valence-corrected chi connectivity index (χ4v) is 3.01. The zero-order valence-electron chi connectivity index (χ0n) is 12.0. The first-order valence-electron chi connectivity index (χ1n) is 6.32. The molecule has 0 aliphatic heterocycles. The minimum absolute atomic E-state index is 0.337. The Bertz CT molecular complexity index is 753. The molecular formula is C15H14ClNO4S. The number of thiophene rings is 1. The van der Waals surface area contributed by atoms with Gasteiger partial charge in [-0.15, -0.1) is 11.3 Å². The van der Waals surface area contributed by atoms with Crippen molar-refractivity contribution in [3.8, 4) is 0 Å². The highest BCUT2D eigenvalue weighted by atomic mass is 35.5. The number of aliphatic hydroxyl groups is 1. The van der Waals surface area contributed by atoms with Crippen LogP contribution in [0.1, 0.15) is 5.56 Å². The maximum absolute atomic E-state index is 12.0. The van der Waals surface area contributed by atoms with Crippen LogP contribution in [0.15, 0.2) is 35.4 Å². The van der Waals surface area contributed by atoms with Crippen LogP contribution in [0.3, 0.4) is 0 Å². The Kier molecular flexibility index (Phi) is 5.05. The molecule has 1 N–H and O–H groups in total. The molecule has 0 aliphatic rings. The van der Waals surface area contributed by atoms with E-state index >= 15 is 0 Å². The van der Waals surface area contributed by atoms with E-state index in [0.29, 0.717) is 11.6 Å². The molecule has 0 radical (unpaired) electrons. The maximum Gasteiger partial charge on any atom is 0.373 e. The molecule has 22 heavy (non-hydrogen) atoms. The van der Waals surface area contributed by atoms with Crippen LogP contribution in [0.5, 0.6) is 0 Å². The van der Waals surface area contributed by atoms with Crippen LogP contribution in [-0.2, 0) is 20.9 Å². The molecular weight excluding hydrogens is 326 g/mol. The number of hydrogen-bond acceptors (Lipinski definition) is 5. The molecule has 116 valence electrons. The lowest BCUT2D eigenvalue weighted by Gasteiger charge is -2.14. The molecule has 2 rings (SSSR count). The molecule has 1 aromatic heterocycles. The third-order valence-electron chi connectivity index (χ3n) is 3.05. The van der Waals surface area contributed by atoms with Crippen molar-refractivity contribution in [1.29, 1.82) is 0 Å². The molecule has 0 saturated carbocycles. The van der Waals surface area contributed by atoms with E-state index in [1.54, 1.807) is 18.4 Å². The fraction of sp³-hybridized carbons (Fsp3) is 0.200. The second kappa shape index (κ2) is 6.81. The van der Waals surface area contributed by atoms with Gasteiger partial charge in [0.05, 0.1) is 13.2 Å². The number of hydrogen-bond donors (Lipinski definition) is 1. The standard InChI is InChI=1S/C15H14ClNO4S/c1-17(14(19)6-12(18)15(20)21-2)7-9-8-22-13-4-3-10(16)5-11(9)13/h3-6,8,18H,7H2,1-2H3/b12-6-. The summed E-state index contributed by atoms with van der Waals surface area (Å²) in [5.74, 6) is -2.17. The van der Waals surface area contributed by atoms with Crippen LogP contribution >= 0.6 is 22.9 Å². The third-order valence-corrected chi connectivity index (χ3v) is 4.30. The minimum atomic E-state index is -0.950. The molecule has 0 atom stereocenters. The lowest BCUT2D eigenvalue weighted by Crippen LogP contribution is -2.25. The van der Waals surface area contributed by atoms with Crippen molar-refractivity contribution in [2.75, 3.05) is 14.2 Å². The minimum Gasteiger partial charge on any atom is -0.502 e. The van der Waals surface area contributed by atoms with Crippen molar-refractivity contribution in [2.24, 2.45) is 0 Å². The van der Waals surface area contributed by atoms with Crippen LogP contribution in [0.4, 0.5) is 0 Å². The normalized spacial score (nSPS) is 11.5. The van der Waals surface area contributed by atoms with Gasteiger partial charge in [0.2, 0.25) is 5.76 Å². The molecule has 5 nitrogen and oxygen atoms in total. The Morgan fingerprint density at radius 3 is 2.86 bits per heavy atom. The monoisotopic (exact) mass is 339 g/mol. The largest absolute Gasteiger partial charge is 0.502 e. The summed E-state index contributed by atoms with van der Waals surface area (Å²) in [4.78, 5) is 24.4. The van der Waals surface area contributed by atoms with Gasteiger partial charge in [0.15, 0.2) is 0 Å². The Morgan fingerprint density at radius 2 is 2.18 bits per heavy atom. The van der Waals surface area contributed by atoms with Crippen LogP contribution in [0.2, 0.25) is 5.02 Å². The van der Waals surface area contributed by atoms with E-state index in [1.807, 2.05) is 23.6 Å². The second-order valence-corrected chi connectivity index (χ2v) is 5.96. The smallest absolute Gasteiger partial charge is 0.373 e. The van der Waals surface area contributed by atoms with E-state index in [-0.39, 0.29) is 0 Å². The number of carbonyl (C=O) groups is 2. The first-order chi connectivity index (χ1) is 10.4. The summed E-state index contributed by atoms with van der Waals surface area (Å²) in [7, 11) is 2.71. The van der Waals surface area contributed by atoms with Gasteiger partial charge in [-0.3, -0.25) is 4.79 Å². The number of esters is 1. The molecule has 0 unspecified atom stereocenters. The summed E-state index contributed by atoms with van der Waals surface area (Å²) in [5, 5.41) is 13.0. The van der Waals surface area contributed by atoms with Gasteiger partial charge in [0, 0.05) is 23.3 Å². The van der Waals surface area contributed by atoms with Crippen molar-refractivity contribution in [3.63, 3.8) is 0 Å². The average Bonchev–Trinajstić information content (AvgIpc) is 2.88. The van der Waals surface area contributed by atoms with Gasteiger partial charge >= 0.3 is 5.97 Å². The number of amides is 1. The van der Waals surface area contributed by atoms with Crippen LogP contribution in [-0.4, -0.2) is 36.0 Å². The second-order valence-electron chi connectivity index (χ2n) is 4.62. The van der Waals surface area contributed by atoms with Crippen LogP contribution in [0, 0.1) is 0 Å². The summed E-state index contributed by atoms with van der Waals surface area (Å²) in [6.45, 7) is 0.337. The number of carbonyl (C=O) groups excluding carboxylic acids is 2. The van der Waals surface area contributed by atoms with Gasteiger partial charge in [-0.1, -0.05) is 11.6 Å². The lowest BCUT2D eigenvalue weighted by atomic mass is 10.1. The molecule has 0 saturated heterocycles. The van der Waals surface area contributed by atoms with Gasteiger partial charge in [0.25, 0.3) is 5.91 Å². The van der Waals surface area contributed by atoms with E-state index in [2.05, 4.69) is 4.74 Å².